The van der Waals surface area contributed by atoms with E-state index in [1.807, 2.05) is 10.9 Å². The largest absolute Gasteiger partial charge is 0.396 e. The first kappa shape index (κ1) is 8.56. The number of nitrogens with two attached hydrogens (primary N) is 2. The Labute approximate surface area is 77.9 Å². The lowest BCUT2D eigenvalue weighted by atomic mass is 9.92. The summed E-state index contributed by atoms with van der Waals surface area (Å²) in [7, 11) is 0. The van der Waals surface area contributed by atoms with Crippen LogP contribution in [0.15, 0.2) is 12.4 Å². The van der Waals surface area contributed by atoms with E-state index < -0.39 is 0 Å². The number of hydrogen-bond acceptors (Lipinski definition) is 3. The van der Waals surface area contributed by atoms with Crippen LogP contribution in [0.25, 0.3) is 0 Å². The van der Waals surface area contributed by atoms with Gasteiger partial charge >= 0.3 is 0 Å². The number of hydrogen-bond donors (Lipinski definition) is 2. The first-order valence-electron chi connectivity index (χ1n) is 4.81. The Morgan fingerprint density at radius 2 is 2.00 bits per heavy atom. The van der Waals surface area contributed by atoms with E-state index in [-0.39, 0.29) is 0 Å². The molecule has 13 heavy (non-hydrogen) atoms. The summed E-state index contributed by atoms with van der Waals surface area (Å²) in [5, 5.41) is 4.22. The lowest BCUT2D eigenvalue weighted by molar-refractivity contribution is 0.304. The molecular weight excluding hydrogens is 164 g/mol. The van der Waals surface area contributed by atoms with Crippen molar-refractivity contribution in [1.82, 2.24) is 9.78 Å². The van der Waals surface area contributed by atoms with Crippen molar-refractivity contribution in [2.24, 2.45) is 5.73 Å². The molecular formula is C9H16N4. The van der Waals surface area contributed by atoms with Gasteiger partial charge in [0.2, 0.25) is 0 Å². The van der Waals surface area contributed by atoms with Crippen LogP contribution in [0.5, 0.6) is 0 Å². The topological polar surface area (TPSA) is 69.9 Å². The number of aromatic nitrogens is 2. The van der Waals surface area contributed by atoms with Gasteiger partial charge in [0.15, 0.2) is 0 Å². The maximum absolute atomic E-state index is 5.83. The minimum Gasteiger partial charge on any atom is -0.396 e. The molecule has 0 aliphatic heterocycles. The van der Waals surface area contributed by atoms with Gasteiger partial charge in [-0.25, -0.2) is 0 Å². The fraction of sp³-hybridized carbons (Fsp3) is 0.667. The van der Waals surface area contributed by atoms with Gasteiger partial charge in [0.25, 0.3) is 0 Å². The lowest BCUT2D eigenvalue weighted by Gasteiger charge is -2.26. The zero-order valence-electron chi connectivity index (χ0n) is 7.69. The number of nitrogen functional groups attached to an aromatic ring is 1. The molecule has 1 aliphatic carbocycles. The Bertz CT molecular complexity index is 273. The minimum atomic E-state index is 0.393. The van der Waals surface area contributed by atoms with E-state index in [0.717, 1.165) is 31.4 Å². The van der Waals surface area contributed by atoms with Crippen molar-refractivity contribution in [2.45, 2.75) is 37.8 Å². The molecule has 1 aromatic heterocycles. The molecule has 1 fully saturated rings. The second-order valence-corrected chi connectivity index (χ2v) is 3.82. The van der Waals surface area contributed by atoms with E-state index in [2.05, 4.69) is 5.10 Å². The molecule has 4 nitrogen and oxygen atoms in total. The van der Waals surface area contributed by atoms with Gasteiger partial charge in [0.1, 0.15) is 0 Å². The Balaban J connectivity index is 2.02. The summed E-state index contributed by atoms with van der Waals surface area (Å²) in [6.07, 6.45) is 8.06. The van der Waals surface area contributed by atoms with Crippen molar-refractivity contribution in [1.29, 1.82) is 0 Å². The fourth-order valence-corrected chi connectivity index (χ4v) is 1.92. The van der Waals surface area contributed by atoms with Crippen molar-refractivity contribution < 1.29 is 0 Å². The first-order valence-corrected chi connectivity index (χ1v) is 4.81. The van der Waals surface area contributed by atoms with Crippen molar-refractivity contribution in [3.05, 3.63) is 12.4 Å². The van der Waals surface area contributed by atoms with Gasteiger partial charge in [0, 0.05) is 12.2 Å². The lowest BCUT2D eigenvalue weighted by Crippen LogP contribution is -2.27. The Kier molecular flexibility index (Phi) is 2.22. The van der Waals surface area contributed by atoms with Gasteiger partial charge in [0.05, 0.1) is 17.9 Å². The van der Waals surface area contributed by atoms with E-state index in [9.17, 15) is 0 Å². The summed E-state index contributed by atoms with van der Waals surface area (Å²) >= 11 is 0. The van der Waals surface area contributed by atoms with Gasteiger partial charge in [-0.3, -0.25) is 4.68 Å². The molecule has 0 saturated heterocycles. The normalized spacial score (nSPS) is 29.0. The van der Waals surface area contributed by atoms with E-state index in [0.29, 0.717) is 12.1 Å². The van der Waals surface area contributed by atoms with Crippen LogP contribution in [0.1, 0.15) is 31.7 Å². The Morgan fingerprint density at radius 3 is 2.54 bits per heavy atom. The highest BCUT2D eigenvalue weighted by Gasteiger charge is 2.19. The smallest absolute Gasteiger partial charge is 0.0719 e. The minimum absolute atomic E-state index is 0.393. The van der Waals surface area contributed by atoms with Crippen LogP contribution < -0.4 is 11.5 Å². The Morgan fingerprint density at radius 1 is 1.31 bits per heavy atom. The SMILES string of the molecule is Nc1cnn(C2CCC(N)CC2)c1. The van der Waals surface area contributed by atoms with E-state index in [4.69, 9.17) is 11.5 Å². The van der Waals surface area contributed by atoms with Crippen LogP contribution in [0, 0.1) is 0 Å². The molecule has 2 rings (SSSR count). The molecule has 4 heteroatoms. The van der Waals surface area contributed by atoms with Crippen molar-refractivity contribution >= 4 is 5.69 Å². The van der Waals surface area contributed by atoms with Crippen LogP contribution in [0.4, 0.5) is 5.69 Å². The van der Waals surface area contributed by atoms with Crippen molar-refractivity contribution in [3.63, 3.8) is 0 Å². The van der Waals surface area contributed by atoms with Gasteiger partial charge in [-0.15, -0.1) is 0 Å². The molecule has 4 N–H and O–H groups in total. The highest BCUT2D eigenvalue weighted by molar-refractivity contribution is 5.30. The third-order valence-electron chi connectivity index (χ3n) is 2.74. The molecule has 1 aliphatic rings. The molecule has 0 spiro atoms. The van der Waals surface area contributed by atoms with Crippen molar-refractivity contribution in [3.8, 4) is 0 Å². The van der Waals surface area contributed by atoms with Crippen LogP contribution in [0.3, 0.4) is 0 Å². The van der Waals surface area contributed by atoms with Crippen LogP contribution in [-0.4, -0.2) is 15.8 Å². The monoisotopic (exact) mass is 180 g/mol. The molecule has 0 aromatic carbocycles. The average Bonchev–Trinajstić information content (AvgIpc) is 2.53. The van der Waals surface area contributed by atoms with Crippen LogP contribution in [0.2, 0.25) is 0 Å². The van der Waals surface area contributed by atoms with Gasteiger partial charge in [-0.05, 0) is 25.7 Å². The summed E-state index contributed by atoms with van der Waals surface area (Å²) in [4.78, 5) is 0. The predicted molar refractivity (Wildman–Crippen MR) is 52.1 cm³/mol. The molecule has 0 radical (unpaired) electrons. The van der Waals surface area contributed by atoms with Crippen LogP contribution >= 0.6 is 0 Å². The molecule has 0 bridgehead atoms. The van der Waals surface area contributed by atoms with E-state index in [1.165, 1.54) is 0 Å². The Hall–Kier alpha value is -1.03. The maximum atomic E-state index is 5.83. The number of anilines is 1. The first-order chi connectivity index (χ1) is 6.25. The fourth-order valence-electron chi connectivity index (χ4n) is 1.92. The number of nitrogens with zero attached hydrogens (tertiary/aromatic N) is 2. The molecule has 1 heterocycles. The average molecular weight is 180 g/mol. The van der Waals surface area contributed by atoms with Gasteiger partial charge in [-0.2, -0.15) is 5.10 Å². The maximum Gasteiger partial charge on any atom is 0.0719 e. The molecule has 0 unspecified atom stereocenters. The summed E-state index contributed by atoms with van der Waals surface area (Å²) < 4.78 is 1.97. The van der Waals surface area contributed by atoms with E-state index in [1.54, 1.807) is 6.20 Å². The zero-order valence-corrected chi connectivity index (χ0v) is 7.69. The second kappa shape index (κ2) is 3.38. The third-order valence-corrected chi connectivity index (χ3v) is 2.74. The highest BCUT2D eigenvalue weighted by Crippen LogP contribution is 2.27. The van der Waals surface area contributed by atoms with Crippen LogP contribution in [-0.2, 0) is 0 Å². The highest BCUT2D eigenvalue weighted by atomic mass is 15.3. The standard InChI is InChI=1S/C9H16N4/c10-7-1-3-9(4-2-7)13-6-8(11)5-12-13/h5-7,9H,1-4,10-11H2. The molecule has 0 amide bonds. The molecule has 1 aromatic rings. The molecule has 1 saturated carbocycles. The van der Waals surface area contributed by atoms with E-state index >= 15 is 0 Å². The van der Waals surface area contributed by atoms with Gasteiger partial charge < -0.3 is 11.5 Å². The van der Waals surface area contributed by atoms with Gasteiger partial charge in [-0.1, -0.05) is 0 Å². The summed E-state index contributed by atoms with van der Waals surface area (Å²) in [5.41, 5.74) is 12.2. The summed E-state index contributed by atoms with van der Waals surface area (Å²) in [6, 6.07) is 0.904. The summed E-state index contributed by atoms with van der Waals surface area (Å²) in [5.74, 6) is 0. The second-order valence-electron chi connectivity index (χ2n) is 3.82. The zero-order chi connectivity index (χ0) is 9.26. The quantitative estimate of drug-likeness (QED) is 0.674. The van der Waals surface area contributed by atoms with Crippen molar-refractivity contribution in [2.75, 3.05) is 5.73 Å². The molecule has 72 valence electrons. The third kappa shape index (κ3) is 1.83. The predicted octanol–water partition coefficient (Wildman–Crippen LogP) is 0.908. The number of rotatable bonds is 1. The molecule has 0 atom stereocenters. The summed E-state index contributed by atoms with van der Waals surface area (Å²) in [6.45, 7) is 0.